The third-order valence-electron chi connectivity index (χ3n) is 3.45. The summed E-state index contributed by atoms with van der Waals surface area (Å²) in [4.78, 5) is 23.2. The number of Topliss-reactive ketones (excluding diaryl/α,β-unsaturated/α-hetero) is 1. The molecule has 3 rings (SSSR count). The molecule has 0 fully saturated rings. The van der Waals surface area contributed by atoms with Crippen LogP contribution in [-0.4, -0.2) is 23.0 Å². The number of carboxylic acids is 1. The fraction of sp³-hybridized carbons (Fsp3) is 0.111. The van der Waals surface area contributed by atoms with Crippen molar-refractivity contribution < 1.29 is 24.2 Å². The molecule has 0 saturated heterocycles. The van der Waals surface area contributed by atoms with Gasteiger partial charge in [0.25, 0.3) is 0 Å². The fourth-order valence-electron chi connectivity index (χ4n) is 2.24. The number of rotatable bonds is 4. The van der Waals surface area contributed by atoms with Crippen LogP contribution in [0.1, 0.15) is 22.8 Å². The highest BCUT2D eigenvalue weighted by Crippen LogP contribution is 2.35. The molecule has 0 aromatic heterocycles. The lowest BCUT2D eigenvalue weighted by molar-refractivity contribution is -0.144. The molecule has 1 aliphatic rings. The van der Waals surface area contributed by atoms with E-state index >= 15 is 0 Å². The van der Waals surface area contributed by atoms with Crippen LogP contribution >= 0.6 is 15.9 Å². The van der Waals surface area contributed by atoms with Crippen molar-refractivity contribution in [3.05, 3.63) is 63.8 Å². The molecule has 2 aromatic rings. The minimum absolute atomic E-state index is 0.214. The fourth-order valence-corrected chi connectivity index (χ4v) is 2.66. The summed E-state index contributed by atoms with van der Waals surface area (Å²) in [5, 5.41) is 8.88. The van der Waals surface area contributed by atoms with E-state index in [0.29, 0.717) is 17.1 Å². The van der Waals surface area contributed by atoms with Crippen LogP contribution in [0.5, 0.6) is 11.5 Å². The molecule has 0 unspecified atom stereocenters. The highest BCUT2D eigenvalue weighted by Gasteiger charge is 2.28. The van der Waals surface area contributed by atoms with E-state index in [2.05, 4.69) is 15.9 Å². The molecule has 0 spiro atoms. The molecule has 2 aromatic carbocycles. The van der Waals surface area contributed by atoms with E-state index in [-0.39, 0.29) is 11.5 Å². The van der Waals surface area contributed by atoms with E-state index in [9.17, 15) is 9.59 Å². The largest absolute Gasteiger partial charge is 0.479 e. The van der Waals surface area contributed by atoms with Crippen LogP contribution in [0, 0.1) is 0 Å². The van der Waals surface area contributed by atoms with E-state index in [4.69, 9.17) is 14.6 Å². The zero-order valence-corrected chi connectivity index (χ0v) is 14.2. The first-order valence-corrected chi connectivity index (χ1v) is 7.96. The predicted molar refractivity (Wildman–Crippen MR) is 91.2 cm³/mol. The van der Waals surface area contributed by atoms with Gasteiger partial charge in [-0.1, -0.05) is 28.1 Å². The van der Waals surface area contributed by atoms with Gasteiger partial charge in [0.15, 0.2) is 11.9 Å². The molecular formula is C18H13BrO5. The third-order valence-corrected chi connectivity index (χ3v) is 3.94. The number of ketones is 1. The lowest BCUT2D eigenvalue weighted by Crippen LogP contribution is -2.22. The molecule has 0 saturated carbocycles. The molecule has 0 aliphatic carbocycles. The number of benzene rings is 2. The number of hydrogen-bond acceptors (Lipinski definition) is 4. The van der Waals surface area contributed by atoms with E-state index < -0.39 is 12.1 Å². The Bertz CT molecular complexity index is 856. The summed E-state index contributed by atoms with van der Waals surface area (Å²) < 4.78 is 11.8. The maximum atomic E-state index is 12.4. The summed E-state index contributed by atoms with van der Waals surface area (Å²) in [5.41, 5.74) is 1.25. The number of carboxylic acid groups (broad SMARTS) is 1. The lowest BCUT2D eigenvalue weighted by Gasteiger charge is -2.10. The maximum Gasteiger partial charge on any atom is 0.344 e. The van der Waals surface area contributed by atoms with Crippen molar-refractivity contribution in [3.63, 3.8) is 0 Å². The van der Waals surface area contributed by atoms with E-state index in [1.165, 1.54) is 13.0 Å². The number of carbonyl (C=O) groups excluding carboxylic acids is 1. The number of ether oxygens (including phenoxy) is 2. The summed E-state index contributed by atoms with van der Waals surface area (Å²) in [5.74, 6) is -0.381. The Kier molecular flexibility index (Phi) is 4.40. The zero-order valence-electron chi connectivity index (χ0n) is 12.7. The molecule has 6 heteroatoms. The number of fused-ring (bicyclic) bond motifs is 1. The molecule has 0 bridgehead atoms. The zero-order chi connectivity index (χ0) is 17.3. The van der Waals surface area contributed by atoms with Gasteiger partial charge in [0.05, 0.1) is 5.56 Å². The van der Waals surface area contributed by atoms with Crippen molar-refractivity contribution in [3.8, 4) is 11.5 Å². The van der Waals surface area contributed by atoms with Gasteiger partial charge in [-0.15, -0.1) is 0 Å². The molecule has 1 aliphatic heterocycles. The molecule has 1 atom stereocenters. The first kappa shape index (κ1) is 16.3. The van der Waals surface area contributed by atoms with Gasteiger partial charge in [0, 0.05) is 10.5 Å². The minimum Gasteiger partial charge on any atom is -0.479 e. The first-order chi connectivity index (χ1) is 11.4. The molecule has 0 radical (unpaired) electrons. The standard InChI is InChI=1S/C18H13BrO5/c1-10(18(21)22)23-13-5-6-14-15(9-13)24-16(17(14)20)8-11-3-2-4-12(19)7-11/h2-10H,1H3,(H,21,22)/t10-/m0/s1. The van der Waals surface area contributed by atoms with Crippen molar-refractivity contribution in [2.75, 3.05) is 0 Å². The first-order valence-electron chi connectivity index (χ1n) is 7.17. The van der Waals surface area contributed by atoms with E-state index in [0.717, 1.165) is 10.0 Å². The second-order valence-electron chi connectivity index (χ2n) is 5.25. The van der Waals surface area contributed by atoms with Crippen LogP contribution < -0.4 is 9.47 Å². The summed E-state index contributed by atoms with van der Waals surface area (Å²) >= 11 is 3.38. The van der Waals surface area contributed by atoms with Crippen molar-refractivity contribution in [2.24, 2.45) is 0 Å². The molecule has 1 N–H and O–H groups in total. The number of hydrogen-bond donors (Lipinski definition) is 1. The SMILES string of the molecule is C[C@H](Oc1ccc2c(c1)OC(=Cc1cccc(Br)c1)C2=O)C(=O)O. The Labute approximate surface area is 146 Å². The Hall–Kier alpha value is -2.60. The Balaban J connectivity index is 1.86. The van der Waals surface area contributed by atoms with E-state index in [1.54, 1.807) is 18.2 Å². The van der Waals surface area contributed by atoms with Crippen LogP contribution in [-0.2, 0) is 4.79 Å². The number of carbonyl (C=O) groups is 2. The molecule has 0 amide bonds. The normalized spacial score (nSPS) is 15.8. The summed E-state index contributed by atoms with van der Waals surface area (Å²) in [6.07, 6.45) is 0.671. The number of halogens is 1. The topological polar surface area (TPSA) is 72.8 Å². The van der Waals surface area contributed by atoms with E-state index in [1.807, 2.05) is 24.3 Å². The van der Waals surface area contributed by atoms with Gasteiger partial charge >= 0.3 is 5.97 Å². The monoisotopic (exact) mass is 388 g/mol. The van der Waals surface area contributed by atoms with Crippen LogP contribution in [0.15, 0.2) is 52.7 Å². The van der Waals surface area contributed by atoms with Gasteiger partial charge < -0.3 is 14.6 Å². The number of aliphatic carboxylic acids is 1. The van der Waals surface area contributed by atoms with Crippen LogP contribution in [0.4, 0.5) is 0 Å². The minimum atomic E-state index is -1.07. The molecule has 5 nitrogen and oxygen atoms in total. The molecule has 1 heterocycles. The van der Waals surface area contributed by atoms with Crippen LogP contribution in [0.25, 0.3) is 6.08 Å². The second-order valence-corrected chi connectivity index (χ2v) is 6.17. The smallest absolute Gasteiger partial charge is 0.344 e. The number of allylic oxidation sites excluding steroid dienone is 1. The quantitative estimate of drug-likeness (QED) is 0.803. The van der Waals surface area contributed by atoms with Gasteiger partial charge in [-0.25, -0.2) is 4.79 Å². The predicted octanol–water partition coefficient (Wildman–Crippen LogP) is 3.92. The van der Waals surface area contributed by atoms with Crippen molar-refractivity contribution in [1.82, 2.24) is 0 Å². The molecule has 24 heavy (non-hydrogen) atoms. The summed E-state index contributed by atoms with van der Waals surface area (Å²) in [6.45, 7) is 1.43. The van der Waals surface area contributed by atoms with Gasteiger partial charge in [0.1, 0.15) is 11.5 Å². The Morgan fingerprint density at radius 1 is 1.29 bits per heavy atom. The van der Waals surface area contributed by atoms with Crippen molar-refractivity contribution in [2.45, 2.75) is 13.0 Å². The van der Waals surface area contributed by atoms with Crippen LogP contribution in [0.3, 0.4) is 0 Å². The lowest BCUT2D eigenvalue weighted by atomic mass is 10.1. The van der Waals surface area contributed by atoms with Crippen molar-refractivity contribution >= 4 is 33.8 Å². The molecular weight excluding hydrogens is 376 g/mol. The van der Waals surface area contributed by atoms with Gasteiger partial charge in [-0.3, -0.25) is 4.79 Å². The summed E-state index contributed by atoms with van der Waals surface area (Å²) in [7, 11) is 0. The molecule has 122 valence electrons. The Morgan fingerprint density at radius 3 is 2.79 bits per heavy atom. The van der Waals surface area contributed by atoms with Gasteiger partial charge in [-0.05, 0) is 42.8 Å². The highest BCUT2D eigenvalue weighted by atomic mass is 79.9. The second kappa shape index (κ2) is 6.49. The average Bonchev–Trinajstić information content (AvgIpc) is 2.83. The average molecular weight is 389 g/mol. The Morgan fingerprint density at radius 2 is 2.08 bits per heavy atom. The van der Waals surface area contributed by atoms with Gasteiger partial charge in [-0.2, -0.15) is 0 Å². The third kappa shape index (κ3) is 3.33. The maximum absolute atomic E-state index is 12.4. The van der Waals surface area contributed by atoms with Gasteiger partial charge in [0.2, 0.25) is 5.78 Å². The van der Waals surface area contributed by atoms with Crippen molar-refractivity contribution in [1.29, 1.82) is 0 Å². The van der Waals surface area contributed by atoms with Crippen LogP contribution in [0.2, 0.25) is 0 Å². The highest BCUT2D eigenvalue weighted by molar-refractivity contribution is 9.10. The summed E-state index contributed by atoms with van der Waals surface area (Å²) in [6, 6.07) is 12.1.